The molecule has 0 fully saturated rings. The van der Waals surface area contributed by atoms with E-state index in [0.29, 0.717) is 11.4 Å². The van der Waals surface area contributed by atoms with E-state index in [4.69, 9.17) is 4.74 Å². The third-order valence-corrected chi connectivity index (χ3v) is 4.98. The molecule has 9 nitrogen and oxygen atoms in total. The number of carbonyl (C=O) groups excluding carboxylic acids is 1. The van der Waals surface area contributed by atoms with E-state index < -0.39 is 17.7 Å². The second-order valence-electron chi connectivity index (χ2n) is 7.57. The summed E-state index contributed by atoms with van der Waals surface area (Å²) in [7, 11) is 1.51. The normalized spacial score (nSPS) is 11.3. The molecule has 1 amide bonds. The summed E-state index contributed by atoms with van der Waals surface area (Å²) in [5.41, 5.74) is 0.764. The van der Waals surface area contributed by atoms with Gasteiger partial charge in [-0.15, -0.1) is 0 Å². The Kier molecular flexibility index (Phi) is 7.49. The number of hydrogen-bond acceptors (Lipinski definition) is 8. The van der Waals surface area contributed by atoms with Crippen molar-refractivity contribution in [1.82, 2.24) is 15.0 Å². The molecule has 4 rings (SSSR count). The molecule has 11 heteroatoms. The monoisotopic (exact) mass is 491 g/mol. The zero-order valence-corrected chi connectivity index (χ0v) is 19.4. The molecule has 0 bridgehead atoms. The van der Waals surface area contributed by atoms with E-state index in [-0.39, 0.29) is 35.1 Å². The van der Waals surface area contributed by atoms with E-state index in [0.717, 1.165) is 0 Å². The Bertz CT molecular complexity index is 1300. The van der Waals surface area contributed by atoms with Crippen LogP contribution in [0.5, 0.6) is 5.75 Å². The number of methoxy groups -OCH3 is 1. The van der Waals surface area contributed by atoms with E-state index >= 15 is 0 Å². The molecule has 0 aliphatic carbocycles. The largest absolute Gasteiger partial charge is 0.495 e. The first-order chi connectivity index (χ1) is 17.4. The van der Waals surface area contributed by atoms with Crippen LogP contribution in [0.25, 0.3) is 0 Å². The van der Waals surface area contributed by atoms with E-state index in [9.17, 15) is 13.6 Å². The fraction of sp³-hybridized carbons (Fsp3) is 0.120. The predicted octanol–water partition coefficient (Wildman–Crippen LogP) is 5.08. The Morgan fingerprint density at radius 2 is 1.22 bits per heavy atom. The molecule has 36 heavy (non-hydrogen) atoms. The van der Waals surface area contributed by atoms with Gasteiger partial charge in [-0.25, -0.2) is 8.78 Å². The number of ether oxygens (including phenoxy) is 1. The van der Waals surface area contributed by atoms with Crippen LogP contribution in [0.15, 0.2) is 72.8 Å². The second-order valence-corrected chi connectivity index (χ2v) is 7.57. The van der Waals surface area contributed by atoms with Gasteiger partial charge < -0.3 is 26.0 Å². The first kappa shape index (κ1) is 24.3. The molecule has 0 spiro atoms. The van der Waals surface area contributed by atoms with Crippen LogP contribution in [-0.2, 0) is 4.79 Å². The van der Waals surface area contributed by atoms with Gasteiger partial charge in [0.2, 0.25) is 23.8 Å². The number of hydrogen-bond donors (Lipinski definition) is 4. The summed E-state index contributed by atoms with van der Waals surface area (Å²) in [6, 6.07) is 18.2. The van der Waals surface area contributed by atoms with Crippen LogP contribution >= 0.6 is 0 Å². The van der Waals surface area contributed by atoms with Crippen LogP contribution < -0.4 is 26.0 Å². The number of aromatic nitrogens is 3. The van der Waals surface area contributed by atoms with Gasteiger partial charge in [-0.3, -0.25) is 4.79 Å². The van der Waals surface area contributed by atoms with Crippen molar-refractivity contribution in [3.8, 4) is 5.75 Å². The second kappa shape index (κ2) is 11.1. The van der Waals surface area contributed by atoms with Gasteiger partial charge in [-0.05, 0) is 43.3 Å². The molecule has 1 aromatic heterocycles. The Hall–Kier alpha value is -4.80. The Labute approximate surface area is 206 Å². The maximum absolute atomic E-state index is 14.2. The molecule has 0 radical (unpaired) electrons. The van der Waals surface area contributed by atoms with Crippen molar-refractivity contribution in [3.05, 3.63) is 84.4 Å². The number of carbonyl (C=O) groups is 1. The lowest BCUT2D eigenvalue weighted by Crippen LogP contribution is -2.32. The molecule has 0 saturated heterocycles. The quantitative estimate of drug-likeness (QED) is 0.256. The van der Waals surface area contributed by atoms with Crippen molar-refractivity contribution in [3.63, 3.8) is 0 Å². The van der Waals surface area contributed by atoms with Crippen LogP contribution in [0, 0.1) is 11.6 Å². The lowest BCUT2D eigenvalue weighted by atomic mass is 10.2. The Morgan fingerprint density at radius 1 is 0.750 bits per heavy atom. The fourth-order valence-electron chi connectivity index (χ4n) is 3.17. The maximum atomic E-state index is 14.2. The summed E-state index contributed by atoms with van der Waals surface area (Å²) in [6.07, 6.45) is 0. The van der Waals surface area contributed by atoms with E-state index in [1.165, 1.54) is 31.4 Å². The first-order valence-corrected chi connectivity index (χ1v) is 10.9. The van der Waals surface area contributed by atoms with Crippen LogP contribution in [-0.4, -0.2) is 34.0 Å². The number of anilines is 6. The lowest BCUT2D eigenvalue weighted by molar-refractivity contribution is -0.116. The van der Waals surface area contributed by atoms with Gasteiger partial charge in [-0.1, -0.05) is 36.4 Å². The smallest absolute Gasteiger partial charge is 0.246 e. The van der Waals surface area contributed by atoms with Gasteiger partial charge in [-0.2, -0.15) is 15.0 Å². The standard InChI is InChI=1S/C25H23F2N7O2/c1-15(22(35)29-20-13-7-8-14-21(20)36-2)28-23-32-24(30-18-11-5-3-9-16(18)26)34-25(33-23)31-19-12-6-4-10-17(19)27/h3-15H,1-2H3,(H,29,35)(H3,28,30,31,32,33,34)/t15-/m0/s1. The number of rotatable bonds is 9. The average molecular weight is 492 g/mol. The molecular weight excluding hydrogens is 468 g/mol. The minimum absolute atomic E-state index is 0.00496. The van der Waals surface area contributed by atoms with Gasteiger partial charge in [0.15, 0.2) is 0 Å². The van der Waals surface area contributed by atoms with Crippen molar-refractivity contribution >= 4 is 40.8 Å². The highest BCUT2D eigenvalue weighted by Crippen LogP contribution is 2.24. The SMILES string of the molecule is COc1ccccc1NC(=O)[C@H](C)Nc1nc(Nc2ccccc2F)nc(Nc2ccccc2F)n1. The molecule has 3 aromatic carbocycles. The van der Waals surface area contributed by atoms with E-state index in [2.05, 4.69) is 36.2 Å². The van der Waals surface area contributed by atoms with Crippen molar-refractivity contribution in [1.29, 1.82) is 0 Å². The summed E-state index contributed by atoms with van der Waals surface area (Å²) in [5, 5.41) is 11.2. The van der Waals surface area contributed by atoms with Gasteiger partial charge in [0, 0.05) is 0 Å². The van der Waals surface area contributed by atoms with E-state index in [1.54, 1.807) is 55.5 Å². The third-order valence-electron chi connectivity index (χ3n) is 4.98. The number of nitrogens with one attached hydrogen (secondary N) is 4. The number of halogens is 2. The van der Waals surface area contributed by atoms with Crippen LogP contribution in [0.1, 0.15) is 6.92 Å². The third kappa shape index (κ3) is 6.00. The summed E-state index contributed by atoms with van der Waals surface area (Å²) in [6.45, 7) is 1.61. The van der Waals surface area contributed by atoms with Gasteiger partial charge in [0.25, 0.3) is 0 Å². The Balaban J connectivity index is 1.58. The van der Waals surface area contributed by atoms with Crippen molar-refractivity contribution < 1.29 is 18.3 Å². The molecule has 1 atom stereocenters. The van der Waals surface area contributed by atoms with Gasteiger partial charge >= 0.3 is 0 Å². The molecular formula is C25H23F2N7O2. The molecule has 4 N–H and O–H groups in total. The predicted molar refractivity (Wildman–Crippen MR) is 134 cm³/mol. The highest BCUT2D eigenvalue weighted by atomic mass is 19.1. The highest BCUT2D eigenvalue weighted by Gasteiger charge is 2.18. The van der Waals surface area contributed by atoms with Crippen LogP contribution in [0.2, 0.25) is 0 Å². The van der Waals surface area contributed by atoms with Crippen LogP contribution in [0.3, 0.4) is 0 Å². The van der Waals surface area contributed by atoms with E-state index in [1.807, 2.05) is 0 Å². The average Bonchev–Trinajstić information content (AvgIpc) is 2.87. The molecule has 0 aliphatic heterocycles. The number of benzene rings is 3. The Morgan fingerprint density at radius 3 is 1.75 bits per heavy atom. The maximum Gasteiger partial charge on any atom is 0.246 e. The van der Waals surface area contributed by atoms with Crippen molar-refractivity contribution in [2.75, 3.05) is 28.4 Å². The van der Waals surface area contributed by atoms with Crippen molar-refractivity contribution in [2.45, 2.75) is 13.0 Å². The van der Waals surface area contributed by atoms with Crippen molar-refractivity contribution in [2.24, 2.45) is 0 Å². The summed E-state index contributed by atoms with van der Waals surface area (Å²) in [4.78, 5) is 25.5. The highest BCUT2D eigenvalue weighted by molar-refractivity contribution is 5.97. The molecule has 0 aliphatic rings. The minimum atomic E-state index is -0.792. The molecule has 0 unspecified atom stereocenters. The topological polar surface area (TPSA) is 113 Å². The first-order valence-electron chi connectivity index (χ1n) is 10.9. The minimum Gasteiger partial charge on any atom is -0.495 e. The van der Waals surface area contributed by atoms with Gasteiger partial charge in [0.05, 0.1) is 24.2 Å². The number of amides is 1. The zero-order valence-electron chi connectivity index (χ0n) is 19.4. The molecule has 4 aromatic rings. The number of nitrogens with zero attached hydrogens (tertiary/aromatic N) is 3. The lowest BCUT2D eigenvalue weighted by Gasteiger charge is -2.17. The number of para-hydroxylation sites is 4. The van der Waals surface area contributed by atoms with Gasteiger partial charge in [0.1, 0.15) is 23.4 Å². The van der Waals surface area contributed by atoms with Crippen LogP contribution in [0.4, 0.5) is 43.7 Å². The summed E-state index contributed by atoms with van der Waals surface area (Å²) < 4.78 is 33.6. The zero-order chi connectivity index (χ0) is 25.5. The molecule has 184 valence electrons. The molecule has 0 saturated carbocycles. The molecule has 1 heterocycles. The summed E-state index contributed by atoms with van der Waals surface area (Å²) >= 11 is 0. The summed E-state index contributed by atoms with van der Waals surface area (Å²) in [5.74, 6) is -0.938. The fourth-order valence-corrected chi connectivity index (χ4v) is 3.17.